The van der Waals surface area contributed by atoms with Crippen LogP contribution in [-0.2, 0) is 4.74 Å². The van der Waals surface area contributed by atoms with Gasteiger partial charge < -0.3 is 10.1 Å². The molecule has 0 bridgehead atoms. The van der Waals surface area contributed by atoms with Crippen LogP contribution in [0.4, 0.5) is 0 Å². The summed E-state index contributed by atoms with van der Waals surface area (Å²) in [6.45, 7) is 7.38. The van der Waals surface area contributed by atoms with Crippen molar-refractivity contribution >= 4 is 5.91 Å². The Morgan fingerprint density at radius 2 is 1.82 bits per heavy atom. The lowest BCUT2D eigenvalue weighted by atomic mass is 10.0. The van der Waals surface area contributed by atoms with E-state index in [1.165, 1.54) is 5.56 Å². The van der Waals surface area contributed by atoms with E-state index in [0.29, 0.717) is 13.2 Å². The lowest BCUT2D eigenvalue weighted by molar-refractivity contribution is 0.0948. The highest BCUT2D eigenvalue weighted by Gasteiger charge is 2.09. The molecular weight excluding hydrogens is 214 g/mol. The number of methoxy groups -OCH3 is 1. The Morgan fingerprint density at radius 3 is 2.47 bits per heavy atom. The zero-order valence-corrected chi connectivity index (χ0v) is 11.1. The molecule has 0 heterocycles. The van der Waals surface area contributed by atoms with Gasteiger partial charge in [-0.1, -0.05) is 6.07 Å². The third kappa shape index (κ3) is 3.86. The predicted octanol–water partition coefficient (Wildman–Crippen LogP) is 2.38. The molecule has 1 amide bonds. The molecule has 0 aliphatic rings. The van der Waals surface area contributed by atoms with Crippen LogP contribution in [-0.4, -0.2) is 26.2 Å². The molecule has 3 heteroatoms. The molecule has 0 aliphatic carbocycles. The van der Waals surface area contributed by atoms with Crippen LogP contribution in [0.5, 0.6) is 0 Å². The average molecular weight is 235 g/mol. The van der Waals surface area contributed by atoms with E-state index in [1.54, 1.807) is 7.11 Å². The summed E-state index contributed by atoms with van der Waals surface area (Å²) in [5.74, 6) is 0.00158. The topological polar surface area (TPSA) is 38.3 Å². The normalized spacial score (nSPS) is 10.4. The van der Waals surface area contributed by atoms with Gasteiger partial charge in [-0.05, 0) is 49.9 Å². The first-order valence-corrected chi connectivity index (χ1v) is 5.91. The number of hydrogen-bond acceptors (Lipinski definition) is 2. The molecule has 0 aliphatic heterocycles. The molecule has 1 aromatic carbocycles. The van der Waals surface area contributed by atoms with E-state index in [-0.39, 0.29) is 5.91 Å². The zero-order chi connectivity index (χ0) is 12.8. The second kappa shape index (κ2) is 6.40. The molecule has 17 heavy (non-hydrogen) atoms. The maximum Gasteiger partial charge on any atom is 0.251 e. The minimum atomic E-state index is 0.00158. The van der Waals surface area contributed by atoms with Crippen molar-refractivity contribution < 1.29 is 9.53 Å². The molecule has 3 nitrogen and oxygen atoms in total. The van der Waals surface area contributed by atoms with Crippen LogP contribution in [0.2, 0.25) is 0 Å². The van der Waals surface area contributed by atoms with Crippen LogP contribution in [0.1, 0.15) is 33.5 Å². The molecule has 0 saturated heterocycles. The predicted molar refractivity (Wildman–Crippen MR) is 69.5 cm³/mol. The number of carbonyl (C=O) groups is 1. The van der Waals surface area contributed by atoms with Crippen LogP contribution in [0, 0.1) is 20.8 Å². The quantitative estimate of drug-likeness (QED) is 0.796. The Bertz CT molecular complexity index is 399. The van der Waals surface area contributed by atoms with Gasteiger partial charge in [0, 0.05) is 25.8 Å². The van der Waals surface area contributed by atoms with Gasteiger partial charge in [-0.15, -0.1) is 0 Å². The Hall–Kier alpha value is -1.35. The van der Waals surface area contributed by atoms with Crippen molar-refractivity contribution in [3.63, 3.8) is 0 Å². The van der Waals surface area contributed by atoms with Crippen molar-refractivity contribution in [2.75, 3.05) is 20.3 Å². The minimum absolute atomic E-state index is 0.00158. The summed E-state index contributed by atoms with van der Waals surface area (Å²) in [7, 11) is 1.66. The van der Waals surface area contributed by atoms with Gasteiger partial charge in [-0.2, -0.15) is 0 Å². The second-order valence-electron chi connectivity index (χ2n) is 4.35. The van der Waals surface area contributed by atoms with Gasteiger partial charge >= 0.3 is 0 Å². The molecule has 0 atom stereocenters. The number of hydrogen-bond donors (Lipinski definition) is 1. The fourth-order valence-corrected chi connectivity index (χ4v) is 1.72. The smallest absolute Gasteiger partial charge is 0.251 e. The summed E-state index contributed by atoms with van der Waals surface area (Å²) in [5.41, 5.74) is 4.17. The SMILES string of the molecule is COCCCNC(=O)c1cc(C)c(C)cc1C. The average Bonchev–Trinajstić information content (AvgIpc) is 2.29. The van der Waals surface area contributed by atoms with E-state index in [9.17, 15) is 4.79 Å². The first kappa shape index (κ1) is 13.7. The Labute approximate surface area is 103 Å². The molecule has 1 aromatic rings. The number of benzene rings is 1. The maximum atomic E-state index is 11.9. The van der Waals surface area contributed by atoms with Gasteiger partial charge in [0.15, 0.2) is 0 Å². The first-order valence-electron chi connectivity index (χ1n) is 5.91. The van der Waals surface area contributed by atoms with Crippen molar-refractivity contribution in [1.29, 1.82) is 0 Å². The zero-order valence-electron chi connectivity index (χ0n) is 11.1. The fourth-order valence-electron chi connectivity index (χ4n) is 1.72. The Balaban J connectivity index is 2.66. The van der Waals surface area contributed by atoms with Crippen LogP contribution in [0.3, 0.4) is 0 Å². The van der Waals surface area contributed by atoms with Crippen LogP contribution in [0.15, 0.2) is 12.1 Å². The van der Waals surface area contributed by atoms with E-state index < -0.39 is 0 Å². The molecule has 1 N–H and O–H groups in total. The molecule has 0 radical (unpaired) electrons. The van der Waals surface area contributed by atoms with Crippen molar-refractivity contribution in [2.45, 2.75) is 27.2 Å². The van der Waals surface area contributed by atoms with Gasteiger partial charge in [-0.25, -0.2) is 0 Å². The first-order chi connectivity index (χ1) is 8.06. The number of carbonyl (C=O) groups excluding carboxylic acids is 1. The lowest BCUT2D eigenvalue weighted by Gasteiger charge is -2.10. The molecule has 1 rings (SSSR count). The number of nitrogens with one attached hydrogen (secondary N) is 1. The molecular formula is C14H21NO2. The summed E-state index contributed by atoms with van der Waals surface area (Å²) in [6.07, 6.45) is 0.839. The van der Waals surface area contributed by atoms with Gasteiger partial charge in [0.25, 0.3) is 5.91 Å². The third-order valence-corrected chi connectivity index (χ3v) is 2.90. The molecule has 0 spiro atoms. The summed E-state index contributed by atoms with van der Waals surface area (Å²) in [4.78, 5) is 11.9. The summed E-state index contributed by atoms with van der Waals surface area (Å²) in [5, 5.41) is 2.90. The monoisotopic (exact) mass is 235 g/mol. The van der Waals surface area contributed by atoms with E-state index >= 15 is 0 Å². The molecule has 0 aromatic heterocycles. The summed E-state index contributed by atoms with van der Waals surface area (Å²) in [6, 6.07) is 4.01. The number of rotatable bonds is 5. The highest BCUT2D eigenvalue weighted by Crippen LogP contribution is 2.15. The van der Waals surface area contributed by atoms with E-state index in [0.717, 1.165) is 23.1 Å². The molecule has 0 fully saturated rings. The van der Waals surface area contributed by atoms with Crippen molar-refractivity contribution in [2.24, 2.45) is 0 Å². The van der Waals surface area contributed by atoms with Crippen LogP contribution in [0.25, 0.3) is 0 Å². The fraction of sp³-hybridized carbons (Fsp3) is 0.500. The molecule has 0 unspecified atom stereocenters. The number of amides is 1. The van der Waals surface area contributed by atoms with Crippen molar-refractivity contribution in [3.8, 4) is 0 Å². The maximum absolute atomic E-state index is 11.9. The lowest BCUT2D eigenvalue weighted by Crippen LogP contribution is -2.26. The highest BCUT2D eigenvalue weighted by molar-refractivity contribution is 5.95. The molecule has 0 saturated carbocycles. The second-order valence-corrected chi connectivity index (χ2v) is 4.35. The summed E-state index contributed by atoms with van der Waals surface area (Å²) < 4.78 is 4.94. The standard InChI is InChI=1S/C14H21NO2/c1-10-8-12(3)13(9-11(10)2)14(16)15-6-5-7-17-4/h8-9H,5-7H2,1-4H3,(H,15,16). The number of ether oxygens (including phenoxy) is 1. The number of aryl methyl sites for hydroxylation is 3. The third-order valence-electron chi connectivity index (χ3n) is 2.90. The van der Waals surface area contributed by atoms with Crippen molar-refractivity contribution in [3.05, 3.63) is 34.4 Å². The highest BCUT2D eigenvalue weighted by atomic mass is 16.5. The Morgan fingerprint density at radius 1 is 1.18 bits per heavy atom. The van der Waals surface area contributed by atoms with E-state index in [4.69, 9.17) is 4.74 Å². The minimum Gasteiger partial charge on any atom is -0.385 e. The Kier molecular flexibility index (Phi) is 5.16. The van der Waals surface area contributed by atoms with Crippen LogP contribution >= 0.6 is 0 Å². The largest absolute Gasteiger partial charge is 0.385 e. The van der Waals surface area contributed by atoms with Gasteiger partial charge in [-0.3, -0.25) is 4.79 Å². The van der Waals surface area contributed by atoms with E-state index in [1.807, 2.05) is 19.9 Å². The van der Waals surface area contributed by atoms with Crippen LogP contribution < -0.4 is 5.32 Å². The van der Waals surface area contributed by atoms with Gasteiger partial charge in [0.1, 0.15) is 0 Å². The van der Waals surface area contributed by atoms with Crippen molar-refractivity contribution in [1.82, 2.24) is 5.32 Å². The molecule has 94 valence electrons. The van der Waals surface area contributed by atoms with Gasteiger partial charge in [0.2, 0.25) is 0 Å². The van der Waals surface area contributed by atoms with E-state index in [2.05, 4.69) is 18.3 Å². The summed E-state index contributed by atoms with van der Waals surface area (Å²) >= 11 is 0. The van der Waals surface area contributed by atoms with Gasteiger partial charge in [0.05, 0.1) is 0 Å².